The number of pyridine rings is 1. The summed E-state index contributed by atoms with van der Waals surface area (Å²) in [6.07, 6.45) is 2.73. The SMILES string of the molecule is CC[C@H](N)c1ccc(N(C)c2ccccc2OC)cn1. The standard InChI is InChI=1S/C16H21N3O/c1-4-13(17)14-10-9-12(11-18-14)19(2)15-7-5-6-8-16(15)20-3/h5-11,13H,4,17H2,1-3H3/t13-/m0/s1. The number of rotatable bonds is 5. The van der Waals surface area contributed by atoms with Crippen LogP contribution >= 0.6 is 0 Å². The van der Waals surface area contributed by atoms with Crippen LogP contribution in [0.2, 0.25) is 0 Å². The maximum Gasteiger partial charge on any atom is 0.142 e. The number of methoxy groups -OCH3 is 1. The number of hydrogen-bond acceptors (Lipinski definition) is 4. The smallest absolute Gasteiger partial charge is 0.142 e. The lowest BCUT2D eigenvalue weighted by Crippen LogP contribution is -2.13. The van der Waals surface area contributed by atoms with E-state index in [9.17, 15) is 0 Å². The average Bonchev–Trinajstić information content (AvgIpc) is 2.53. The largest absolute Gasteiger partial charge is 0.495 e. The lowest BCUT2D eigenvalue weighted by Gasteiger charge is -2.22. The van der Waals surface area contributed by atoms with Crippen LogP contribution in [0.25, 0.3) is 0 Å². The van der Waals surface area contributed by atoms with Gasteiger partial charge in [-0.15, -0.1) is 0 Å². The van der Waals surface area contributed by atoms with Crippen molar-refractivity contribution in [3.8, 4) is 5.75 Å². The minimum Gasteiger partial charge on any atom is -0.495 e. The molecule has 4 heteroatoms. The van der Waals surface area contributed by atoms with Crippen LogP contribution < -0.4 is 15.4 Å². The van der Waals surface area contributed by atoms with E-state index in [0.29, 0.717) is 0 Å². The minimum absolute atomic E-state index is 0.000572. The molecule has 0 fully saturated rings. The van der Waals surface area contributed by atoms with Crippen LogP contribution in [0.15, 0.2) is 42.6 Å². The van der Waals surface area contributed by atoms with Crippen LogP contribution in [-0.4, -0.2) is 19.1 Å². The highest BCUT2D eigenvalue weighted by Crippen LogP contribution is 2.31. The van der Waals surface area contributed by atoms with E-state index < -0.39 is 0 Å². The molecule has 0 spiro atoms. The van der Waals surface area contributed by atoms with Crippen LogP contribution in [0.5, 0.6) is 5.75 Å². The first-order valence-electron chi connectivity index (χ1n) is 6.75. The van der Waals surface area contributed by atoms with Crippen LogP contribution in [-0.2, 0) is 0 Å². The zero-order valence-corrected chi connectivity index (χ0v) is 12.2. The van der Waals surface area contributed by atoms with Crippen LogP contribution in [0, 0.1) is 0 Å². The van der Waals surface area contributed by atoms with Gasteiger partial charge in [0.25, 0.3) is 0 Å². The van der Waals surface area contributed by atoms with Gasteiger partial charge in [0, 0.05) is 13.1 Å². The van der Waals surface area contributed by atoms with Crippen molar-refractivity contribution in [2.45, 2.75) is 19.4 Å². The molecule has 106 valence electrons. The molecule has 0 aliphatic heterocycles. The number of benzene rings is 1. The fourth-order valence-corrected chi connectivity index (χ4v) is 2.07. The molecule has 0 saturated carbocycles. The molecule has 0 amide bonds. The molecule has 1 aromatic carbocycles. The van der Waals surface area contributed by atoms with Gasteiger partial charge in [0.05, 0.1) is 30.4 Å². The van der Waals surface area contributed by atoms with Crippen molar-refractivity contribution in [3.05, 3.63) is 48.3 Å². The molecular formula is C16H21N3O. The Balaban J connectivity index is 2.27. The predicted octanol–water partition coefficient (Wildman–Crippen LogP) is 3.27. The maximum absolute atomic E-state index is 5.98. The fourth-order valence-electron chi connectivity index (χ4n) is 2.07. The zero-order chi connectivity index (χ0) is 14.5. The van der Waals surface area contributed by atoms with Gasteiger partial charge in [-0.2, -0.15) is 0 Å². The summed E-state index contributed by atoms with van der Waals surface area (Å²) in [6.45, 7) is 2.06. The molecule has 0 saturated heterocycles. The molecule has 1 atom stereocenters. The van der Waals surface area contributed by atoms with Gasteiger partial charge < -0.3 is 15.4 Å². The van der Waals surface area contributed by atoms with Crippen LogP contribution in [0.4, 0.5) is 11.4 Å². The molecular weight excluding hydrogens is 250 g/mol. The van der Waals surface area contributed by atoms with Crippen molar-refractivity contribution in [1.29, 1.82) is 0 Å². The molecule has 0 aliphatic carbocycles. The van der Waals surface area contributed by atoms with E-state index in [0.717, 1.165) is 29.2 Å². The molecule has 1 heterocycles. The van der Waals surface area contributed by atoms with Gasteiger partial charge in [-0.25, -0.2) is 0 Å². The number of nitrogens with zero attached hydrogens (tertiary/aromatic N) is 2. The molecule has 4 nitrogen and oxygen atoms in total. The Morgan fingerprint density at radius 1 is 1.25 bits per heavy atom. The van der Waals surface area contributed by atoms with E-state index in [1.807, 2.05) is 54.5 Å². The van der Waals surface area contributed by atoms with Gasteiger partial charge in [0.15, 0.2) is 0 Å². The monoisotopic (exact) mass is 271 g/mol. The third-order valence-electron chi connectivity index (χ3n) is 3.42. The van der Waals surface area contributed by atoms with Crippen LogP contribution in [0.1, 0.15) is 25.1 Å². The predicted molar refractivity (Wildman–Crippen MR) is 82.5 cm³/mol. The molecule has 1 aromatic heterocycles. The first-order valence-corrected chi connectivity index (χ1v) is 6.75. The highest BCUT2D eigenvalue weighted by molar-refractivity contribution is 5.68. The summed E-state index contributed by atoms with van der Waals surface area (Å²) in [7, 11) is 3.67. The first kappa shape index (κ1) is 14.3. The maximum atomic E-state index is 5.98. The number of nitrogens with two attached hydrogens (primary N) is 1. The number of anilines is 2. The van der Waals surface area contributed by atoms with Crippen molar-refractivity contribution in [3.63, 3.8) is 0 Å². The van der Waals surface area contributed by atoms with Crippen molar-refractivity contribution in [2.24, 2.45) is 5.73 Å². The van der Waals surface area contributed by atoms with Crippen LogP contribution in [0.3, 0.4) is 0 Å². The van der Waals surface area contributed by atoms with E-state index in [-0.39, 0.29) is 6.04 Å². The Morgan fingerprint density at radius 3 is 2.60 bits per heavy atom. The van der Waals surface area contributed by atoms with Gasteiger partial charge in [-0.1, -0.05) is 19.1 Å². The zero-order valence-electron chi connectivity index (χ0n) is 12.2. The second kappa shape index (κ2) is 6.39. The van der Waals surface area contributed by atoms with Gasteiger partial charge in [0.2, 0.25) is 0 Å². The minimum atomic E-state index is 0.000572. The van der Waals surface area contributed by atoms with Crippen molar-refractivity contribution in [1.82, 2.24) is 4.98 Å². The Kier molecular flexibility index (Phi) is 4.58. The quantitative estimate of drug-likeness (QED) is 0.906. The Bertz CT molecular complexity index is 554. The molecule has 2 rings (SSSR count). The third kappa shape index (κ3) is 2.91. The Morgan fingerprint density at radius 2 is 2.00 bits per heavy atom. The summed E-state index contributed by atoms with van der Waals surface area (Å²) in [4.78, 5) is 6.49. The molecule has 2 N–H and O–H groups in total. The molecule has 0 bridgehead atoms. The number of hydrogen-bond donors (Lipinski definition) is 1. The molecule has 0 aliphatic rings. The summed E-state index contributed by atoms with van der Waals surface area (Å²) in [5.74, 6) is 0.837. The van der Waals surface area contributed by atoms with E-state index in [2.05, 4.69) is 11.9 Å². The molecule has 2 aromatic rings. The van der Waals surface area contributed by atoms with Crippen molar-refractivity contribution in [2.75, 3.05) is 19.1 Å². The van der Waals surface area contributed by atoms with Gasteiger partial charge in [-0.05, 0) is 30.7 Å². The summed E-state index contributed by atoms with van der Waals surface area (Å²) < 4.78 is 5.39. The highest BCUT2D eigenvalue weighted by Gasteiger charge is 2.11. The van der Waals surface area contributed by atoms with E-state index >= 15 is 0 Å². The van der Waals surface area contributed by atoms with Gasteiger partial charge >= 0.3 is 0 Å². The van der Waals surface area contributed by atoms with Gasteiger partial charge in [-0.3, -0.25) is 4.98 Å². The summed E-state index contributed by atoms with van der Waals surface area (Å²) in [5, 5.41) is 0. The van der Waals surface area contributed by atoms with E-state index in [4.69, 9.17) is 10.5 Å². The lowest BCUT2D eigenvalue weighted by molar-refractivity contribution is 0.415. The topological polar surface area (TPSA) is 51.4 Å². The van der Waals surface area contributed by atoms with E-state index in [1.165, 1.54) is 0 Å². The average molecular weight is 271 g/mol. The molecule has 0 unspecified atom stereocenters. The number of aromatic nitrogens is 1. The van der Waals surface area contributed by atoms with Crippen molar-refractivity contribution >= 4 is 11.4 Å². The third-order valence-corrected chi connectivity index (χ3v) is 3.42. The fraction of sp³-hybridized carbons (Fsp3) is 0.312. The normalized spacial score (nSPS) is 12.0. The van der Waals surface area contributed by atoms with Crippen molar-refractivity contribution < 1.29 is 4.74 Å². The first-order chi connectivity index (χ1) is 9.67. The highest BCUT2D eigenvalue weighted by atomic mass is 16.5. The summed E-state index contributed by atoms with van der Waals surface area (Å²) >= 11 is 0. The van der Waals surface area contributed by atoms with Gasteiger partial charge in [0.1, 0.15) is 5.75 Å². The molecule has 20 heavy (non-hydrogen) atoms. The van der Waals surface area contributed by atoms with E-state index in [1.54, 1.807) is 7.11 Å². The Hall–Kier alpha value is -2.07. The number of para-hydroxylation sites is 2. The second-order valence-corrected chi connectivity index (χ2v) is 4.69. The molecule has 0 radical (unpaired) electrons. The summed E-state index contributed by atoms with van der Waals surface area (Å²) in [5.41, 5.74) is 8.91. The summed E-state index contributed by atoms with van der Waals surface area (Å²) in [6, 6.07) is 11.9. The lowest BCUT2D eigenvalue weighted by atomic mass is 10.1. The number of ether oxygens (including phenoxy) is 1. The second-order valence-electron chi connectivity index (χ2n) is 4.69. The Labute approximate surface area is 120 Å².